The number of benzene rings is 3. The van der Waals surface area contributed by atoms with Crippen molar-refractivity contribution >= 4 is 27.3 Å². The van der Waals surface area contributed by atoms with Gasteiger partial charge >= 0.3 is 0 Å². The van der Waals surface area contributed by atoms with E-state index < -0.39 is 0 Å². The first-order valence-electron chi connectivity index (χ1n) is 10.8. The van der Waals surface area contributed by atoms with Crippen LogP contribution in [-0.4, -0.2) is 12.0 Å². The Labute approximate surface area is 198 Å². The van der Waals surface area contributed by atoms with Gasteiger partial charge in [0.25, 0.3) is 0 Å². The standard InChI is InChI=1S/C28H27BrN2O/c1-21-19-24(29)14-16-26(21)31(2)27-17-18-28(32-20-23-11-7-4-8-12-23)30-25(27)15-13-22-9-5-3-6-10-22/h3-12,14,16-19H,13,15,20H2,1-2H3. The number of pyridine rings is 1. The van der Waals surface area contributed by atoms with Gasteiger partial charge in [-0.2, -0.15) is 0 Å². The topological polar surface area (TPSA) is 25.4 Å². The first kappa shape index (κ1) is 22.1. The zero-order valence-corrected chi connectivity index (χ0v) is 20.0. The molecule has 0 amide bonds. The van der Waals surface area contributed by atoms with Crippen LogP contribution in [0.5, 0.6) is 5.88 Å². The monoisotopic (exact) mass is 486 g/mol. The number of rotatable bonds is 8. The van der Waals surface area contributed by atoms with Crippen LogP contribution < -0.4 is 9.64 Å². The highest BCUT2D eigenvalue weighted by molar-refractivity contribution is 9.10. The summed E-state index contributed by atoms with van der Waals surface area (Å²) in [6, 6.07) is 31.2. The Morgan fingerprint density at radius 1 is 0.781 bits per heavy atom. The third-order valence-corrected chi connectivity index (χ3v) is 6.02. The van der Waals surface area contributed by atoms with Gasteiger partial charge in [0.1, 0.15) is 6.61 Å². The van der Waals surface area contributed by atoms with E-state index in [1.807, 2.05) is 24.3 Å². The van der Waals surface area contributed by atoms with Crippen LogP contribution in [-0.2, 0) is 19.4 Å². The molecule has 3 nitrogen and oxygen atoms in total. The summed E-state index contributed by atoms with van der Waals surface area (Å²) >= 11 is 3.57. The van der Waals surface area contributed by atoms with Crippen molar-refractivity contribution in [3.8, 4) is 5.88 Å². The zero-order valence-electron chi connectivity index (χ0n) is 18.5. The van der Waals surface area contributed by atoms with Gasteiger partial charge in [0.05, 0.1) is 11.4 Å². The number of hydrogen-bond donors (Lipinski definition) is 0. The second-order valence-corrected chi connectivity index (χ2v) is 8.78. The Balaban J connectivity index is 1.61. The summed E-state index contributed by atoms with van der Waals surface area (Å²) in [4.78, 5) is 7.14. The molecule has 0 aliphatic rings. The summed E-state index contributed by atoms with van der Waals surface area (Å²) in [6.45, 7) is 2.64. The van der Waals surface area contributed by atoms with Crippen molar-refractivity contribution in [2.24, 2.45) is 0 Å². The Morgan fingerprint density at radius 2 is 1.44 bits per heavy atom. The van der Waals surface area contributed by atoms with Gasteiger partial charge in [0.15, 0.2) is 0 Å². The van der Waals surface area contributed by atoms with E-state index in [2.05, 4.69) is 102 Å². The highest BCUT2D eigenvalue weighted by Crippen LogP contribution is 2.32. The first-order chi connectivity index (χ1) is 15.6. The molecule has 0 saturated carbocycles. The second-order valence-electron chi connectivity index (χ2n) is 7.87. The lowest BCUT2D eigenvalue weighted by Crippen LogP contribution is -2.15. The fraction of sp³-hybridized carbons (Fsp3) is 0.179. The third kappa shape index (κ3) is 5.57. The van der Waals surface area contributed by atoms with Crippen LogP contribution in [0.2, 0.25) is 0 Å². The third-order valence-electron chi connectivity index (χ3n) is 5.53. The van der Waals surface area contributed by atoms with Crippen molar-refractivity contribution in [2.45, 2.75) is 26.4 Å². The Kier molecular flexibility index (Phi) is 7.23. The lowest BCUT2D eigenvalue weighted by molar-refractivity contribution is 0.293. The highest BCUT2D eigenvalue weighted by atomic mass is 79.9. The molecule has 0 N–H and O–H groups in total. The molecule has 162 valence electrons. The number of aromatic nitrogens is 1. The summed E-state index contributed by atoms with van der Waals surface area (Å²) < 4.78 is 7.11. The first-order valence-corrected chi connectivity index (χ1v) is 11.6. The van der Waals surface area contributed by atoms with Crippen LogP contribution in [0.1, 0.15) is 22.4 Å². The number of hydrogen-bond acceptors (Lipinski definition) is 3. The summed E-state index contributed by atoms with van der Waals surface area (Å²) in [5, 5.41) is 0. The lowest BCUT2D eigenvalue weighted by atomic mass is 10.1. The van der Waals surface area contributed by atoms with Gasteiger partial charge in [-0.1, -0.05) is 76.6 Å². The molecule has 0 saturated heterocycles. The summed E-state index contributed by atoms with van der Waals surface area (Å²) in [5.41, 5.74) is 6.93. The van der Waals surface area contributed by atoms with Gasteiger partial charge in [-0.15, -0.1) is 0 Å². The molecule has 4 heteroatoms. The van der Waals surface area contributed by atoms with Crippen molar-refractivity contribution in [2.75, 3.05) is 11.9 Å². The Morgan fingerprint density at radius 3 is 2.12 bits per heavy atom. The molecule has 0 bridgehead atoms. The van der Waals surface area contributed by atoms with Crippen molar-refractivity contribution in [3.05, 3.63) is 118 Å². The summed E-state index contributed by atoms with van der Waals surface area (Å²) in [5.74, 6) is 0.654. The highest BCUT2D eigenvalue weighted by Gasteiger charge is 2.15. The van der Waals surface area contributed by atoms with Crippen LogP contribution in [0.3, 0.4) is 0 Å². The number of halogens is 1. The van der Waals surface area contributed by atoms with Crippen LogP contribution in [0.15, 0.2) is 95.5 Å². The molecule has 0 aliphatic carbocycles. The van der Waals surface area contributed by atoms with Gasteiger partial charge in [-0.25, -0.2) is 4.98 Å². The van der Waals surface area contributed by atoms with E-state index in [4.69, 9.17) is 9.72 Å². The van der Waals surface area contributed by atoms with E-state index >= 15 is 0 Å². The van der Waals surface area contributed by atoms with Crippen LogP contribution in [0.4, 0.5) is 11.4 Å². The predicted molar refractivity (Wildman–Crippen MR) is 136 cm³/mol. The molecule has 32 heavy (non-hydrogen) atoms. The summed E-state index contributed by atoms with van der Waals surface area (Å²) in [7, 11) is 2.10. The largest absolute Gasteiger partial charge is 0.473 e. The fourth-order valence-corrected chi connectivity index (χ4v) is 4.28. The Hall–Kier alpha value is -3.11. The minimum atomic E-state index is 0.507. The maximum Gasteiger partial charge on any atom is 0.213 e. The summed E-state index contributed by atoms with van der Waals surface area (Å²) in [6.07, 6.45) is 1.76. The van der Waals surface area contributed by atoms with Crippen molar-refractivity contribution < 1.29 is 4.74 Å². The maximum atomic E-state index is 6.03. The van der Waals surface area contributed by atoms with Crippen LogP contribution in [0.25, 0.3) is 0 Å². The van der Waals surface area contributed by atoms with E-state index in [0.717, 1.165) is 39.9 Å². The predicted octanol–water partition coefficient (Wildman–Crippen LogP) is 7.28. The number of ether oxygens (including phenoxy) is 1. The normalized spacial score (nSPS) is 10.7. The molecule has 0 atom stereocenters. The molecule has 0 unspecified atom stereocenters. The molecule has 0 aliphatic heterocycles. The Bertz CT molecular complexity index is 1160. The number of aryl methyl sites for hydroxylation is 3. The maximum absolute atomic E-state index is 6.03. The van der Waals surface area contributed by atoms with Crippen LogP contribution in [0, 0.1) is 6.92 Å². The average molecular weight is 487 g/mol. The van der Waals surface area contributed by atoms with Crippen molar-refractivity contribution in [1.29, 1.82) is 0 Å². The SMILES string of the molecule is Cc1cc(Br)ccc1N(C)c1ccc(OCc2ccccc2)nc1CCc1ccccc1. The molecular formula is C28H27BrN2O. The fourth-order valence-electron chi connectivity index (χ4n) is 3.81. The second kappa shape index (κ2) is 10.5. The number of anilines is 2. The molecule has 0 fully saturated rings. The van der Waals surface area contributed by atoms with Gasteiger partial charge in [0, 0.05) is 23.3 Å². The lowest BCUT2D eigenvalue weighted by Gasteiger charge is -2.24. The zero-order chi connectivity index (χ0) is 22.3. The van der Waals surface area contributed by atoms with Gasteiger partial charge in [-0.05, 0) is 60.7 Å². The van der Waals surface area contributed by atoms with Crippen LogP contribution >= 0.6 is 15.9 Å². The minimum absolute atomic E-state index is 0.507. The van der Waals surface area contributed by atoms with Gasteiger partial charge in [-0.3, -0.25) is 0 Å². The molecule has 0 radical (unpaired) electrons. The molecule has 1 aromatic heterocycles. The average Bonchev–Trinajstić information content (AvgIpc) is 2.82. The molecule has 1 heterocycles. The molecule has 4 aromatic rings. The van der Waals surface area contributed by atoms with E-state index in [-0.39, 0.29) is 0 Å². The van der Waals surface area contributed by atoms with E-state index in [0.29, 0.717) is 12.5 Å². The van der Waals surface area contributed by atoms with Crippen molar-refractivity contribution in [3.63, 3.8) is 0 Å². The van der Waals surface area contributed by atoms with Gasteiger partial charge in [0.2, 0.25) is 5.88 Å². The number of nitrogens with zero attached hydrogens (tertiary/aromatic N) is 2. The minimum Gasteiger partial charge on any atom is -0.473 e. The van der Waals surface area contributed by atoms with E-state index in [1.54, 1.807) is 0 Å². The molecule has 0 spiro atoms. The molecule has 4 rings (SSSR count). The van der Waals surface area contributed by atoms with Gasteiger partial charge < -0.3 is 9.64 Å². The van der Waals surface area contributed by atoms with E-state index in [9.17, 15) is 0 Å². The smallest absolute Gasteiger partial charge is 0.213 e. The molecular weight excluding hydrogens is 460 g/mol. The van der Waals surface area contributed by atoms with Crippen molar-refractivity contribution in [1.82, 2.24) is 4.98 Å². The molecule has 3 aromatic carbocycles. The quantitative estimate of drug-likeness (QED) is 0.261. The van der Waals surface area contributed by atoms with E-state index in [1.165, 1.54) is 11.1 Å².